The maximum absolute atomic E-state index is 12.0. The zero-order valence-electron chi connectivity index (χ0n) is 11.6. The van der Waals surface area contributed by atoms with E-state index in [9.17, 15) is 9.59 Å². The van der Waals surface area contributed by atoms with Gasteiger partial charge in [-0.2, -0.15) is 0 Å². The van der Waals surface area contributed by atoms with Crippen LogP contribution in [0.4, 0.5) is 11.4 Å². The van der Waals surface area contributed by atoms with E-state index in [2.05, 4.69) is 5.32 Å². The molecule has 5 nitrogen and oxygen atoms in total. The van der Waals surface area contributed by atoms with E-state index in [4.69, 9.17) is 4.74 Å². The molecule has 0 spiro atoms. The second-order valence-electron chi connectivity index (χ2n) is 5.27. The average molecular weight is 274 g/mol. The molecule has 0 aromatic heterocycles. The van der Waals surface area contributed by atoms with Gasteiger partial charge in [-0.1, -0.05) is 0 Å². The molecule has 0 unspecified atom stereocenters. The van der Waals surface area contributed by atoms with Crippen molar-refractivity contribution in [2.24, 2.45) is 0 Å². The summed E-state index contributed by atoms with van der Waals surface area (Å²) in [6, 6.07) is 3.97. The highest BCUT2D eigenvalue weighted by Gasteiger charge is 2.29. The largest absolute Gasteiger partial charge is 0.375 e. The van der Waals surface area contributed by atoms with Crippen LogP contribution in [0.2, 0.25) is 0 Å². The first-order chi connectivity index (χ1) is 9.69. The Balaban J connectivity index is 1.94. The molecule has 1 aromatic rings. The molecule has 0 fully saturated rings. The number of aryl methyl sites for hydroxylation is 2. The molecule has 2 aliphatic heterocycles. The summed E-state index contributed by atoms with van der Waals surface area (Å²) in [5.41, 5.74) is 4.21. The van der Waals surface area contributed by atoms with Crippen molar-refractivity contribution in [3.8, 4) is 0 Å². The maximum Gasteiger partial charge on any atom is 0.250 e. The van der Waals surface area contributed by atoms with E-state index in [0.717, 1.165) is 48.3 Å². The highest BCUT2D eigenvalue weighted by molar-refractivity contribution is 5.99. The number of hydrogen-bond donors (Lipinski definition) is 1. The lowest BCUT2D eigenvalue weighted by Crippen LogP contribution is -2.39. The SMILES string of the molecule is COCC(=O)Nc1cc2c3c(c1)CCC(=O)N3CCC2. The van der Waals surface area contributed by atoms with Crippen LogP contribution in [0.1, 0.15) is 24.0 Å². The molecule has 0 saturated carbocycles. The van der Waals surface area contributed by atoms with E-state index >= 15 is 0 Å². The first kappa shape index (κ1) is 13.1. The number of benzene rings is 1. The van der Waals surface area contributed by atoms with Gasteiger partial charge in [0.1, 0.15) is 6.61 Å². The van der Waals surface area contributed by atoms with E-state index in [1.807, 2.05) is 17.0 Å². The summed E-state index contributed by atoms with van der Waals surface area (Å²) in [6.07, 6.45) is 3.25. The molecular formula is C15H18N2O3. The molecule has 3 rings (SSSR count). The third kappa shape index (κ3) is 2.29. The summed E-state index contributed by atoms with van der Waals surface area (Å²) in [7, 11) is 1.50. The second kappa shape index (κ2) is 5.25. The van der Waals surface area contributed by atoms with E-state index in [1.165, 1.54) is 7.11 Å². The maximum atomic E-state index is 12.0. The molecule has 106 valence electrons. The molecule has 2 amide bonds. The zero-order chi connectivity index (χ0) is 14.1. The molecule has 20 heavy (non-hydrogen) atoms. The molecule has 0 aliphatic carbocycles. The van der Waals surface area contributed by atoms with Crippen molar-refractivity contribution in [2.45, 2.75) is 25.7 Å². The third-order valence-electron chi connectivity index (χ3n) is 3.83. The van der Waals surface area contributed by atoms with Gasteiger partial charge in [0.25, 0.3) is 0 Å². The van der Waals surface area contributed by atoms with Gasteiger partial charge in [-0.25, -0.2) is 0 Å². The van der Waals surface area contributed by atoms with E-state index in [-0.39, 0.29) is 18.4 Å². The first-order valence-corrected chi connectivity index (χ1v) is 6.94. The predicted molar refractivity (Wildman–Crippen MR) is 75.9 cm³/mol. The molecule has 1 N–H and O–H groups in total. The molecule has 2 heterocycles. The van der Waals surface area contributed by atoms with Crippen molar-refractivity contribution < 1.29 is 14.3 Å². The molecule has 1 aromatic carbocycles. The fourth-order valence-corrected chi connectivity index (χ4v) is 3.05. The number of rotatable bonds is 3. The standard InChI is InChI=1S/C15H18N2O3/c1-20-9-13(18)16-12-7-10-3-2-6-17-14(19)5-4-11(8-12)15(10)17/h7-8H,2-6,9H2,1H3,(H,16,18). The molecule has 0 bridgehead atoms. The molecule has 0 atom stereocenters. The Morgan fingerprint density at radius 2 is 2.05 bits per heavy atom. The van der Waals surface area contributed by atoms with Gasteiger partial charge in [-0.3, -0.25) is 9.59 Å². The van der Waals surface area contributed by atoms with Crippen LogP contribution >= 0.6 is 0 Å². The number of methoxy groups -OCH3 is 1. The normalized spacial score (nSPS) is 16.9. The zero-order valence-corrected chi connectivity index (χ0v) is 11.6. The summed E-state index contributed by atoms with van der Waals surface area (Å²) < 4.78 is 4.82. The minimum absolute atomic E-state index is 0.0526. The van der Waals surface area contributed by atoms with Crippen molar-refractivity contribution in [1.29, 1.82) is 0 Å². The van der Waals surface area contributed by atoms with Crippen molar-refractivity contribution in [3.05, 3.63) is 23.3 Å². The Kier molecular flexibility index (Phi) is 3.44. The third-order valence-corrected chi connectivity index (χ3v) is 3.83. The quantitative estimate of drug-likeness (QED) is 0.908. The van der Waals surface area contributed by atoms with Crippen molar-refractivity contribution >= 4 is 23.2 Å². The van der Waals surface area contributed by atoms with E-state index in [1.54, 1.807) is 0 Å². The number of carbonyl (C=O) groups is 2. The van der Waals surface area contributed by atoms with Gasteiger partial charge in [-0.15, -0.1) is 0 Å². The number of carbonyl (C=O) groups excluding carboxylic acids is 2. The monoisotopic (exact) mass is 274 g/mol. The van der Waals surface area contributed by atoms with E-state index in [0.29, 0.717) is 6.42 Å². The summed E-state index contributed by atoms with van der Waals surface area (Å²) >= 11 is 0. The molecular weight excluding hydrogens is 256 g/mol. The van der Waals surface area contributed by atoms with Gasteiger partial charge in [0, 0.05) is 25.8 Å². The summed E-state index contributed by atoms with van der Waals surface area (Å²) in [5.74, 6) is 0.0637. The number of amides is 2. The van der Waals surface area contributed by atoms with Crippen LogP contribution < -0.4 is 10.2 Å². The van der Waals surface area contributed by atoms with Crippen LogP contribution in [0.15, 0.2) is 12.1 Å². The summed E-state index contributed by atoms with van der Waals surface area (Å²) in [4.78, 5) is 25.5. The highest BCUT2D eigenvalue weighted by Crippen LogP contribution is 2.37. The lowest BCUT2D eigenvalue weighted by Gasteiger charge is -2.35. The predicted octanol–water partition coefficient (Wildman–Crippen LogP) is 1.50. The van der Waals surface area contributed by atoms with Crippen molar-refractivity contribution in [1.82, 2.24) is 0 Å². The Morgan fingerprint density at radius 3 is 2.80 bits per heavy atom. The van der Waals surface area contributed by atoms with Gasteiger partial charge >= 0.3 is 0 Å². The number of ether oxygens (including phenoxy) is 1. The van der Waals surface area contributed by atoms with Gasteiger partial charge in [0.2, 0.25) is 11.8 Å². The van der Waals surface area contributed by atoms with Crippen molar-refractivity contribution in [3.63, 3.8) is 0 Å². The van der Waals surface area contributed by atoms with Crippen LogP contribution in [0, 0.1) is 0 Å². The molecule has 0 saturated heterocycles. The van der Waals surface area contributed by atoms with Crippen LogP contribution in [0.3, 0.4) is 0 Å². The number of anilines is 2. The van der Waals surface area contributed by atoms with E-state index < -0.39 is 0 Å². The lowest BCUT2D eigenvalue weighted by molar-refractivity contribution is -0.120. The average Bonchev–Trinajstić information content (AvgIpc) is 2.43. The molecule has 0 radical (unpaired) electrons. The van der Waals surface area contributed by atoms with Gasteiger partial charge < -0.3 is 15.0 Å². The minimum Gasteiger partial charge on any atom is -0.375 e. The van der Waals surface area contributed by atoms with Crippen LogP contribution in [-0.4, -0.2) is 32.1 Å². The first-order valence-electron chi connectivity index (χ1n) is 6.94. The number of hydrogen-bond acceptors (Lipinski definition) is 3. The van der Waals surface area contributed by atoms with Gasteiger partial charge in [-0.05, 0) is 42.5 Å². The van der Waals surface area contributed by atoms with Crippen LogP contribution in [0.5, 0.6) is 0 Å². The fraction of sp³-hybridized carbons (Fsp3) is 0.467. The van der Waals surface area contributed by atoms with Gasteiger partial charge in [0.15, 0.2) is 0 Å². The topological polar surface area (TPSA) is 58.6 Å². The van der Waals surface area contributed by atoms with Crippen LogP contribution in [-0.2, 0) is 27.2 Å². The minimum atomic E-state index is -0.154. The Morgan fingerprint density at radius 1 is 1.30 bits per heavy atom. The Bertz CT molecular complexity index is 551. The van der Waals surface area contributed by atoms with Crippen LogP contribution in [0.25, 0.3) is 0 Å². The highest BCUT2D eigenvalue weighted by atomic mass is 16.5. The Labute approximate surface area is 117 Å². The summed E-state index contributed by atoms with van der Waals surface area (Å²) in [6.45, 7) is 0.866. The molecule has 5 heteroatoms. The fourth-order valence-electron chi connectivity index (χ4n) is 3.05. The lowest BCUT2D eigenvalue weighted by atomic mass is 9.91. The Hall–Kier alpha value is -1.88. The second-order valence-corrected chi connectivity index (χ2v) is 5.27. The number of nitrogens with zero attached hydrogens (tertiary/aromatic N) is 1. The smallest absolute Gasteiger partial charge is 0.250 e. The molecule has 2 aliphatic rings. The van der Waals surface area contributed by atoms with Gasteiger partial charge in [0.05, 0.1) is 5.69 Å². The van der Waals surface area contributed by atoms with Crippen molar-refractivity contribution in [2.75, 3.05) is 30.5 Å². The summed E-state index contributed by atoms with van der Waals surface area (Å²) in [5, 5.41) is 2.85. The number of nitrogens with one attached hydrogen (secondary N) is 1.